The molecule has 2 heterocycles. The highest BCUT2D eigenvalue weighted by Crippen LogP contribution is 2.42. The third kappa shape index (κ3) is 3.84. The molecule has 0 aromatic heterocycles. The van der Waals surface area contributed by atoms with Gasteiger partial charge in [0.05, 0.1) is 13.2 Å². The molecule has 4 rings (SSSR count). The number of halogens is 1. The van der Waals surface area contributed by atoms with Gasteiger partial charge in [-0.3, -0.25) is 4.99 Å². The van der Waals surface area contributed by atoms with Gasteiger partial charge in [-0.1, -0.05) is 25.0 Å². The van der Waals surface area contributed by atoms with Crippen LogP contribution in [0, 0.1) is 11.2 Å². The Balaban J connectivity index is 1.52. The summed E-state index contributed by atoms with van der Waals surface area (Å²) in [6.45, 7) is 7.67. The van der Waals surface area contributed by atoms with Gasteiger partial charge in [0.2, 0.25) is 0 Å². The van der Waals surface area contributed by atoms with E-state index in [0.717, 1.165) is 58.2 Å². The summed E-state index contributed by atoms with van der Waals surface area (Å²) in [4.78, 5) is 7.52. The molecular weight excluding hydrogens is 341 g/mol. The highest BCUT2D eigenvalue weighted by Gasteiger charge is 2.42. The molecule has 1 N–H and O–H groups in total. The lowest BCUT2D eigenvalue weighted by molar-refractivity contribution is 0.156. The molecule has 3 fully saturated rings. The number of aliphatic imine (C=N–C) groups is 1. The first-order valence-electron chi connectivity index (χ1n) is 10.5. The van der Waals surface area contributed by atoms with Crippen LogP contribution in [0.5, 0.6) is 0 Å². The van der Waals surface area contributed by atoms with Gasteiger partial charge in [-0.2, -0.15) is 0 Å². The van der Waals surface area contributed by atoms with E-state index < -0.39 is 0 Å². The summed E-state index contributed by atoms with van der Waals surface area (Å²) in [5, 5.41) is 3.51. The topological polar surface area (TPSA) is 36.9 Å². The fourth-order valence-electron chi connectivity index (χ4n) is 5.13. The van der Waals surface area contributed by atoms with Gasteiger partial charge in [0.15, 0.2) is 5.96 Å². The maximum absolute atomic E-state index is 13.4. The van der Waals surface area contributed by atoms with E-state index in [1.54, 1.807) is 12.1 Å². The van der Waals surface area contributed by atoms with Crippen LogP contribution in [-0.4, -0.2) is 50.3 Å². The van der Waals surface area contributed by atoms with Crippen LogP contribution >= 0.6 is 0 Å². The molecule has 0 amide bonds. The quantitative estimate of drug-likeness (QED) is 0.646. The van der Waals surface area contributed by atoms with Gasteiger partial charge in [0, 0.05) is 37.1 Å². The Labute approximate surface area is 162 Å². The minimum absolute atomic E-state index is 0.0578. The number of nitrogens with zero attached hydrogens (tertiary/aromatic N) is 2. The van der Waals surface area contributed by atoms with Crippen molar-refractivity contribution in [3.05, 3.63) is 35.6 Å². The van der Waals surface area contributed by atoms with Crippen molar-refractivity contribution < 1.29 is 9.13 Å². The number of likely N-dealkylation sites (tertiary alicyclic amines) is 1. The second-order valence-electron chi connectivity index (χ2n) is 8.64. The van der Waals surface area contributed by atoms with E-state index in [0.29, 0.717) is 5.41 Å². The van der Waals surface area contributed by atoms with Crippen LogP contribution in [0.3, 0.4) is 0 Å². The Kier molecular flexibility index (Phi) is 5.40. The Morgan fingerprint density at radius 1 is 1.19 bits per heavy atom. The fraction of sp³-hybridized carbons (Fsp3) is 0.682. The summed E-state index contributed by atoms with van der Waals surface area (Å²) >= 11 is 0. The van der Waals surface area contributed by atoms with Gasteiger partial charge >= 0.3 is 0 Å². The smallest absolute Gasteiger partial charge is 0.193 e. The number of hydrogen-bond acceptors (Lipinski definition) is 2. The van der Waals surface area contributed by atoms with E-state index in [1.807, 2.05) is 12.1 Å². The Hall–Kier alpha value is -1.62. The van der Waals surface area contributed by atoms with Crippen LogP contribution in [-0.2, 0) is 10.2 Å². The van der Waals surface area contributed by atoms with Crippen molar-refractivity contribution >= 4 is 5.96 Å². The molecule has 1 aliphatic carbocycles. The maximum atomic E-state index is 13.4. The van der Waals surface area contributed by atoms with Gasteiger partial charge in [0.25, 0.3) is 0 Å². The molecule has 0 bridgehead atoms. The van der Waals surface area contributed by atoms with Crippen molar-refractivity contribution in [1.29, 1.82) is 0 Å². The lowest BCUT2D eigenvalue weighted by Crippen LogP contribution is -2.42. The summed E-state index contributed by atoms with van der Waals surface area (Å²) in [6, 6.07) is 7.11. The molecular formula is C22H32FN3O. The number of hydrogen-bond donors (Lipinski definition) is 1. The number of rotatable bonds is 4. The summed E-state index contributed by atoms with van der Waals surface area (Å²) in [7, 11) is 0. The van der Waals surface area contributed by atoms with Gasteiger partial charge in [0.1, 0.15) is 5.82 Å². The first kappa shape index (κ1) is 18.7. The Morgan fingerprint density at radius 3 is 2.63 bits per heavy atom. The molecule has 2 aliphatic heterocycles. The molecule has 5 heteroatoms. The number of benzene rings is 1. The summed E-state index contributed by atoms with van der Waals surface area (Å²) in [6.07, 6.45) is 7.10. The molecule has 1 atom stereocenters. The third-order valence-electron chi connectivity index (χ3n) is 6.81. The Morgan fingerprint density at radius 2 is 1.96 bits per heavy atom. The van der Waals surface area contributed by atoms with Gasteiger partial charge in [-0.15, -0.1) is 0 Å². The molecule has 1 aromatic rings. The minimum Gasteiger partial charge on any atom is -0.381 e. The van der Waals surface area contributed by atoms with E-state index in [4.69, 9.17) is 9.73 Å². The van der Waals surface area contributed by atoms with E-state index in [2.05, 4.69) is 17.1 Å². The maximum Gasteiger partial charge on any atom is 0.193 e. The molecule has 1 aromatic carbocycles. The van der Waals surface area contributed by atoms with Gasteiger partial charge in [-0.05, 0) is 50.3 Å². The van der Waals surface area contributed by atoms with Crippen LogP contribution in [0.4, 0.5) is 4.39 Å². The van der Waals surface area contributed by atoms with Gasteiger partial charge in [-0.25, -0.2) is 4.39 Å². The van der Waals surface area contributed by atoms with Crippen molar-refractivity contribution in [3.8, 4) is 0 Å². The van der Waals surface area contributed by atoms with Crippen molar-refractivity contribution in [2.75, 3.05) is 39.4 Å². The van der Waals surface area contributed by atoms with Crippen LogP contribution in [0.15, 0.2) is 29.3 Å². The lowest BCUT2D eigenvalue weighted by Gasteiger charge is -2.30. The monoisotopic (exact) mass is 373 g/mol. The molecule has 27 heavy (non-hydrogen) atoms. The van der Waals surface area contributed by atoms with E-state index in [9.17, 15) is 4.39 Å². The zero-order valence-corrected chi connectivity index (χ0v) is 16.5. The minimum atomic E-state index is -0.162. The molecule has 1 saturated carbocycles. The summed E-state index contributed by atoms with van der Waals surface area (Å²) in [5.74, 6) is 0.875. The average Bonchev–Trinajstić information content (AvgIpc) is 3.42. The van der Waals surface area contributed by atoms with Crippen LogP contribution in [0.25, 0.3) is 0 Å². The highest BCUT2D eigenvalue weighted by atomic mass is 19.1. The predicted molar refractivity (Wildman–Crippen MR) is 107 cm³/mol. The second-order valence-corrected chi connectivity index (χ2v) is 8.64. The van der Waals surface area contributed by atoms with Gasteiger partial charge < -0.3 is 15.0 Å². The molecule has 2 saturated heterocycles. The Bertz CT molecular complexity index is 661. The van der Waals surface area contributed by atoms with Crippen molar-refractivity contribution in [3.63, 3.8) is 0 Å². The number of guanidine groups is 1. The van der Waals surface area contributed by atoms with Crippen LogP contribution in [0.2, 0.25) is 0 Å². The third-order valence-corrected chi connectivity index (χ3v) is 6.81. The lowest BCUT2D eigenvalue weighted by atomic mass is 9.79. The second kappa shape index (κ2) is 7.78. The fourth-order valence-corrected chi connectivity index (χ4v) is 5.13. The van der Waals surface area contributed by atoms with E-state index in [-0.39, 0.29) is 11.2 Å². The molecule has 1 unspecified atom stereocenters. The van der Waals surface area contributed by atoms with E-state index >= 15 is 0 Å². The highest BCUT2D eigenvalue weighted by molar-refractivity contribution is 5.80. The average molecular weight is 374 g/mol. The molecule has 1 spiro atoms. The number of nitrogens with one attached hydrogen (secondary N) is 1. The largest absolute Gasteiger partial charge is 0.381 e. The van der Waals surface area contributed by atoms with Crippen molar-refractivity contribution in [2.45, 2.75) is 50.9 Å². The molecule has 148 valence electrons. The first-order chi connectivity index (χ1) is 13.1. The normalized spacial score (nSPS) is 27.6. The van der Waals surface area contributed by atoms with Crippen LogP contribution < -0.4 is 5.32 Å². The molecule has 3 aliphatic rings. The first-order valence-corrected chi connectivity index (χ1v) is 10.5. The zero-order valence-electron chi connectivity index (χ0n) is 16.5. The molecule has 4 nitrogen and oxygen atoms in total. The summed E-state index contributed by atoms with van der Waals surface area (Å²) in [5.41, 5.74) is 1.63. The van der Waals surface area contributed by atoms with Crippen LogP contribution in [0.1, 0.15) is 51.0 Å². The molecule has 0 radical (unpaired) electrons. The number of ether oxygens (including phenoxy) is 1. The summed E-state index contributed by atoms with van der Waals surface area (Å²) < 4.78 is 19.1. The standard InChI is InChI=1S/C22H32FN3O/c1-2-24-20(26-13-11-21(16-26)12-14-27-17-21)25-15-22(9-3-4-10-22)18-5-7-19(23)8-6-18/h5-8H,2-4,9-17H2,1H3,(H,24,25). The predicted octanol–water partition coefficient (Wildman–Crippen LogP) is 3.72. The SMILES string of the molecule is CCNC(=NCC1(c2ccc(F)cc2)CCCC1)N1CCC2(CCOC2)C1. The zero-order chi connectivity index (χ0) is 18.7. The van der Waals surface area contributed by atoms with Crippen molar-refractivity contribution in [1.82, 2.24) is 10.2 Å². The van der Waals surface area contributed by atoms with E-state index in [1.165, 1.54) is 31.2 Å². The van der Waals surface area contributed by atoms with Crippen molar-refractivity contribution in [2.24, 2.45) is 10.4 Å².